The molecule has 1 heterocycles. The number of fused-ring (bicyclic) bond motifs is 1. The molecule has 2 N–H and O–H groups in total. The smallest absolute Gasteiger partial charge is 0.328 e. The summed E-state index contributed by atoms with van der Waals surface area (Å²) in [6.07, 6.45) is 4.31. The van der Waals surface area contributed by atoms with Gasteiger partial charge in [0.2, 0.25) is 5.91 Å². The monoisotopic (exact) mass is 484 g/mol. The number of piperidine rings is 1. The molecule has 190 valence electrons. The van der Waals surface area contributed by atoms with E-state index < -0.39 is 28.9 Å². The molecule has 3 fully saturated rings. The van der Waals surface area contributed by atoms with Gasteiger partial charge in [-0.2, -0.15) is 0 Å². The minimum absolute atomic E-state index is 0.000564. The SMILES string of the molecule is COC(=O)[C@H](C)NC(=O)C[C@H]1C[C@@]2(O)[C@H]3Cc4ccc(OC)cc4[C@@]2(CCN3CC2CC2)CC1=O. The van der Waals surface area contributed by atoms with Crippen molar-refractivity contribution in [3.63, 3.8) is 0 Å². The molecule has 1 saturated heterocycles. The average Bonchev–Trinajstić information content (AvgIpc) is 3.65. The van der Waals surface area contributed by atoms with Crippen molar-refractivity contribution in [2.75, 3.05) is 27.3 Å². The fraction of sp³-hybridized carbons (Fsp3) is 0.667. The second-order valence-electron chi connectivity index (χ2n) is 11.0. The first kappa shape index (κ1) is 24.3. The Labute approximate surface area is 206 Å². The zero-order chi connectivity index (χ0) is 25.0. The molecule has 35 heavy (non-hydrogen) atoms. The second kappa shape index (κ2) is 8.89. The Morgan fingerprint density at radius 2 is 2.06 bits per heavy atom. The molecule has 1 amide bonds. The first-order chi connectivity index (χ1) is 16.7. The van der Waals surface area contributed by atoms with E-state index in [4.69, 9.17) is 4.74 Å². The lowest BCUT2D eigenvalue weighted by Gasteiger charge is -2.64. The third-order valence-electron chi connectivity index (χ3n) is 8.93. The number of likely N-dealkylation sites (tertiary alicyclic amines) is 1. The molecule has 8 heteroatoms. The molecule has 1 aromatic carbocycles. The molecule has 1 aliphatic heterocycles. The molecule has 0 unspecified atom stereocenters. The molecular weight excluding hydrogens is 448 g/mol. The van der Waals surface area contributed by atoms with Crippen LogP contribution in [-0.2, 0) is 31.0 Å². The van der Waals surface area contributed by atoms with Crippen LogP contribution in [-0.4, -0.2) is 72.7 Å². The van der Waals surface area contributed by atoms with Crippen LogP contribution in [0.15, 0.2) is 18.2 Å². The van der Waals surface area contributed by atoms with Gasteiger partial charge in [0, 0.05) is 36.8 Å². The van der Waals surface area contributed by atoms with Crippen LogP contribution in [0.25, 0.3) is 0 Å². The lowest BCUT2D eigenvalue weighted by molar-refractivity contribution is -0.182. The molecule has 0 aromatic heterocycles. The summed E-state index contributed by atoms with van der Waals surface area (Å²) in [5.41, 5.74) is 0.407. The molecule has 0 radical (unpaired) electrons. The number of methoxy groups -OCH3 is 2. The van der Waals surface area contributed by atoms with Crippen LogP contribution in [0.4, 0.5) is 0 Å². The Kier molecular flexibility index (Phi) is 6.16. The van der Waals surface area contributed by atoms with Crippen LogP contribution < -0.4 is 10.1 Å². The maximum Gasteiger partial charge on any atom is 0.328 e. The zero-order valence-electron chi connectivity index (χ0n) is 20.8. The van der Waals surface area contributed by atoms with Crippen molar-refractivity contribution in [1.82, 2.24) is 10.2 Å². The van der Waals surface area contributed by atoms with Crippen molar-refractivity contribution in [3.8, 4) is 5.75 Å². The van der Waals surface area contributed by atoms with Gasteiger partial charge in [0.1, 0.15) is 17.6 Å². The summed E-state index contributed by atoms with van der Waals surface area (Å²) >= 11 is 0. The fourth-order valence-electron chi connectivity index (χ4n) is 6.90. The normalized spacial score (nSPS) is 32.7. The number of aliphatic hydroxyl groups is 1. The summed E-state index contributed by atoms with van der Waals surface area (Å²) < 4.78 is 10.2. The summed E-state index contributed by atoms with van der Waals surface area (Å²) in [7, 11) is 2.90. The molecule has 2 saturated carbocycles. The Balaban J connectivity index is 1.46. The number of nitrogens with zero attached hydrogens (tertiary/aromatic N) is 1. The van der Waals surface area contributed by atoms with E-state index in [2.05, 4.69) is 21.0 Å². The van der Waals surface area contributed by atoms with Crippen LogP contribution in [0.3, 0.4) is 0 Å². The summed E-state index contributed by atoms with van der Waals surface area (Å²) in [5, 5.41) is 15.2. The van der Waals surface area contributed by atoms with Crippen LogP contribution in [0.1, 0.15) is 56.6 Å². The van der Waals surface area contributed by atoms with Gasteiger partial charge >= 0.3 is 5.97 Å². The molecule has 1 aromatic rings. The standard InChI is InChI=1S/C27H36N2O6/c1-16(25(32)35-3)28-24(31)11-19-13-27(33)23-10-18-6-7-20(34-2)12-21(18)26(27,14-22(19)30)8-9-29(23)15-17-4-5-17/h6-7,12,16-17,19,23,33H,4-5,8-11,13-15H2,1-3H3,(H,28,31)/t16-,19-,23+,26+,27+/m0/s1. The first-order valence-corrected chi connectivity index (χ1v) is 12.7. The van der Waals surface area contributed by atoms with Gasteiger partial charge in [-0.15, -0.1) is 0 Å². The number of hydrogen-bond acceptors (Lipinski definition) is 7. The van der Waals surface area contributed by atoms with Gasteiger partial charge in [0.05, 0.1) is 19.8 Å². The average molecular weight is 485 g/mol. The lowest BCUT2D eigenvalue weighted by Crippen LogP contribution is -2.74. The number of carbonyl (C=O) groups is 3. The Bertz CT molecular complexity index is 1040. The second-order valence-corrected chi connectivity index (χ2v) is 11.0. The van der Waals surface area contributed by atoms with E-state index in [0.717, 1.165) is 30.8 Å². The molecule has 5 rings (SSSR count). The van der Waals surface area contributed by atoms with Crippen LogP contribution in [0, 0.1) is 11.8 Å². The van der Waals surface area contributed by atoms with Gasteiger partial charge in [-0.1, -0.05) is 6.07 Å². The largest absolute Gasteiger partial charge is 0.497 e. The predicted octanol–water partition coefficient (Wildman–Crippen LogP) is 1.75. The fourth-order valence-corrected chi connectivity index (χ4v) is 6.90. The minimum Gasteiger partial charge on any atom is -0.497 e. The van der Waals surface area contributed by atoms with E-state index in [1.54, 1.807) is 14.0 Å². The number of amides is 1. The Hall–Kier alpha value is -2.45. The van der Waals surface area contributed by atoms with E-state index in [-0.39, 0.29) is 37.0 Å². The van der Waals surface area contributed by atoms with Crippen molar-refractivity contribution in [3.05, 3.63) is 29.3 Å². The highest BCUT2D eigenvalue weighted by Crippen LogP contribution is 2.59. The molecule has 5 atom stereocenters. The van der Waals surface area contributed by atoms with Crippen LogP contribution >= 0.6 is 0 Å². The molecular formula is C27H36N2O6. The number of nitrogens with one attached hydrogen (secondary N) is 1. The summed E-state index contributed by atoms with van der Waals surface area (Å²) in [6.45, 7) is 3.39. The summed E-state index contributed by atoms with van der Waals surface area (Å²) in [4.78, 5) is 40.4. The van der Waals surface area contributed by atoms with Crippen molar-refractivity contribution in [1.29, 1.82) is 0 Å². The number of hydrogen-bond donors (Lipinski definition) is 2. The van der Waals surface area contributed by atoms with E-state index in [1.807, 2.05) is 12.1 Å². The van der Waals surface area contributed by atoms with Gasteiger partial charge in [-0.25, -0.2) is 4.79 Å². The van der Waals surface area contributed by atoms with E-state index in [0.29, 0.717) is 12.3 Å². The highest BCUT2D eigenvalue weighted by Gasteiger charge is 2.66. The lowest BCUT2D eigenvalue weighted by atomic mass is 9.47. The predicted molar refractivity (Wildman–Crippen MR) is 128 cm³/mol. The molecule has 8 nitrogen and oxygen atoms in total. The minimum atomic E-state index is -1.12. The first-order valence-electron chi connectivity index (χ1n) is 12.7. The molecule has 3 aliphatic carbocycles. The van der Waals surface area contributed by atoms with Gasteiger partial charge < -0.3 is 19.9 Å². The maximum atomic E-state index is 13.5. The van der Waals surface area contributed by atoms with Gasteiger partial charge in [0.15, 0.2) is 0 Å². The van der Waals surface area contributed by atoms with Crippen LogP contribution in [0.2, 0.25) is 0 Å². The third-order valence-corrected chi connectivity index (χ3v) is 8.93. The molecule has 4 aliphatic rings. The van der Waals surface area contributed by atoms with Crippen molar-refractivity contribution in [2.45, 2.75) is 75.0 Å². The van der Waals surface area contributed by atoms with Gasteiger partial charge in [-0.3, -0.25) is 14.5 Å². The molecule has 0 spiro atoms. The number of ketones is 1. The third kappa shape index (κ3) is 4.04. The van der Waals surface area contributed by atoms with Crippen molar-refractivity contribution in [2.24, 2.45) is 11.8 Å². The topological polar surface area (TPSA) is 105 Å². The van der Waals surface area contributed by atoms with E-state index in [1.165, 1.54) is 25.5 Å². The molecule has 2 bridgehead atoms. The number of rotatable bonds is 7. The number of Topliss-reactive ketones (excluding diaryl/α,β-unsaturated/α-hetero) is 1. The Morgan fingerprint density at radius 3 is 2.74 bits per heavy atom. The van der Waals surface area contributed by atoms with Gasteiger partial charge in [-0.05, 0) is 74.8 Å². The summed E-state index contributed by atoms with van der Waals surface area (Å²) in [5.74, 6) is -0.0816. The van der Waals surface area contributed by atoms with Crippen LogP contribution in [0.5, 0.6) is 5.75 Å². The van der Waals surface area contributed by atoms with Crippen molar-refractivity contribution >= 4 is 17.7 Å². The highest BCUT2D eigenvalue weighted by atomic mass is 16.5. The maximum absolute atomic E-state index is 13.5. The summed E-state index contributed by atoms with van der Waals surface area (Å²) in [6, 6.07) is 5.17. The number of benzene rings is 1. The van der Waals surface area contributed by atoms with E-state index >= 15 is 0 Å². The van der Waals surface area contributed by atoms with Gasteiger partial charge in [0.25, 0.3) is 0 Å². The van der Waals surface area contributed by atoms with E-state index in [9.17, 15) is 19.5 Å². The zero-order valence-corrected chi connectivity index (χ0v) is 20.8. The van der Waals surface area contributed by atoms with Crippen molar-refractivity contribution < 1.29 is 29.0 Å². The number of esters is 1. The highest BCUT2D eigenvalue weighted by molar-refractivity contribution is 5.91. The number of ether oxygens (including phenoxy) is 2. The Morgan fingerprint density at radius 1 is 1.29 bits per heavy atom. The number of carbonyl (C=O) groups excluding carboxylic acids is 3. The quantitative estimate of drug-likeness (QED) is 0.568.